The van der Waals surface area contributed by atoms with E-state index in [1.807, 2.05) is 18.2 Å². The number of fused-ring (bicyclic) bond motifs is 1. The Morgan fingerprint density at radius 1 is 1.39 bits per heavy atom. The molecule has 0 bridgehead atoms. The number of nitrogens with zero attached hydrogens (tertiary/aromatic N) is 1. The van der Waals surface area contributed by atoms with Gasteiger partial charge in [0.05, 0.1) is 0 Å². The fourth-order valence-corrected chi connectivity index (χ4v) is 2.71. The fraction of sp³-hybridized carbons (Fsp3) is 0.385. The number of allylic oxidation sites excluding steroid dienone is 1. The number of benzene rings is 1. The van der Waals surface area contributed by atoms with Crippen molar-refractivity contribution >= 4 is 15.9 Å². The maximum absolute atomic E-state index is 12.6. The van der Waals surface area contributed by atoms with Gasteiger partial charge < -0.3 is 4.90 Å². The number of alkyl halides is 4. The zero-order valence-corrected chi connectivity index (χ0v) is 11.3. The lowest BCUT2D eigenvalue weighted by Gasteiger charge is -2.33. The molecule has 1 aliphatic rings. The molecule has 1 aromatic carbocycles. The van der Waals surface area contributed by atoms with E-state index < -0.39 is 11.9 Å². The second kappa shape index (κ2) is 4.96. The maximum atomic E-state index is 12.6. The highest BCUT2D eigenvalue weighted by atomic mass is 79.9. The van der Waals surface area contributed by atoms with Gasteiger partial charge in [-0.3, -0.25) is 0 Å². The van der Waals surface area contributed by atoms with Crippen LogP contribution in [0.4, 0.5) is 13.2 Å². The van der Waals surface area contributed by atoms with Gasteiger partial charge in [0.2, 0.25) is 0 Å². The maximum Gasteiger partial charge on any atom is 0.430 e. The molecule has 1 heterocycles. The van der Waals surface area contributed by atoms with Crippen LogP contribution >= 0.6 is 15.9 Å². The summed E-state index contributed by atoms with van der Waals surface area (Å²) in [6, 6.07) is 5.87. The SMILES string of the molecule is C=C(N1CCc2cccc(CBr)c2C1)C(F)(F)F. The highest BCUT2D eigenvalue weighted by Crippen LogP contribution is 2.32. The number of hydrogen-bond acceptors (Lipinski definition) is 1. The minimum atomic E-state index is -4.35. The molecule has 0 spiro atoms. The fourth-order valence-electron chi connectivity index (χ4n) is 2.19. The van der Waals surface area contributed by atoms with Crippen molar-refractivity contribution in [3.63, 3.8) is 0 Å². The molecule has 0 atom stereocenters. The van der Waals surface area contributed by atoms with Crippen molar-refractivity contribution in [2.45, 2.75) is 24.5 Å². The molecule has 0 aromatic heterocycles. The lowest BCUT2D eigenvalue weighted by atomic mass is 9.95. The summed E-state index contributed by atoms with van der Waals surface area (Å²) in [6.07, 6.45) is -3.72. The summed E-state index contributed by atoms with van der Waals surface area (Å²) in [6.45, 7) is 3.83. The molecule has 0 amide bonds. The Hall–Kier alpha value is -0.970. The molecule has 0 radical (unpaired) electrons. The summed E-state index contributed by atoms with van der Waals surface area (Å²) in [7, 11) is 0. The van der Waals surface area contributed by atoms with E-state index in [-0.39, 0.29) is 6.54 Å². The van der Waals surface area contributed by atoms with Gasteiger partial charge in [0.15, 0.2) is 0 Å². The van der Waals surface area contributed by atoms with Crippen molar-refractivity contribution < 1.29 is 13.2 Å². The normalized spacial score (nSPS) is 15.4. The van der Waals surface area contributed by atoms with Crippen molar-refractivity contribution in [2.75, 3.05) is 6.54 Å². The largest absolute Gasteiger partial charge is 0.430 e. The van der Waals surface area contributed by atoms with Crippen LogP contribution in [0.15, 0.2) is 30.5 Å². The first-order valence-electron chi connectivity index (χ1n) is 5.60. The smallest absolute Gasteiger partial charge is 0.363 e. The van der Waals surface area contributed by atoms with Crippen LogP contribution in [-0.2, 0) is 18.3 Å². The van der Waals surface area contributed by atoms with Gasteiger partial charge in [0, 0.05) is 18.4 Å². The van der Waals surface area contributed by atoms with Gasteiger partial charge in [0.1, 0.15) is 5.70 Å². The van der Waals surface area contributed by atoms with Crippen LogP contribution in [0.2, 0.25) is 0 Å². The lowest BCUT2D eigenvalue weighted by molar-refractivity contribution is -0.112. The minimum Gasteiger partial charge on any atom is -0.363 e. The summed E-state index contributed by atoms with van der Waals surface area (Å²) in [5, 5.41) is 0.655. The van der Waals surface area contributed by atoms with E-state index in [9.17, 15) is 13.2 Å². The first kappa shape index (κ1) is 13.5. The molecule has 0 saturated carbocycles. The quantitative estimate of drug-likeness (QED) is 0.744. The molecule has 1 aromatic rings. The van der Waals surface area contributed by atoms with Crippen LogP contribution in [0.1, 0.15) is 16.7 Å². The van der Waals surface area contributed by atoms with Gasteiger partial charge in [-0.15, -0.1) is 0 Å². The van der Waals surface area contributed by atoms with E-state index in [1.165, 1.54) is 4.90 Å². The third-order valence-corrected chi connectivity index (χ3v) is 3.83. The molecule has 1 nitrogen and oxygen atoms in total. The average molecular weight is 320 g/mol. The molecule has 18 heavy (non-hydrogen) atoms. The molecule has 0 unspecified atom stereocenters. The molecule has 0 aliphatic carbocycles. The first-order chi connectivity index (χ1) is 8.43. The van der Waals surface area contributed by atoms with Crippen molar-refractivity contribution in [3.8, 4) is 0 Å². The van der Waals surface area contributed by atoms with E-state index in [0.717, 1.165) is 16.7 Å². The van der Waals surface area contributed by atoms with Crippen LogP contribution in [-0.4, -0.2) is 17.6 Å². The third-order valence-electron chi connectivity index (χ3n) is 3.22. The molecule has 0 saturated heterocycles. The van der Waals surface area contributed by atoms with E-state index in [1.54, 1.807) is 0 Å². The van der Waals surface area contributed by atoms with Crippen molar-refractivity contribution in [3.05, 3.63) is 47.2 Å². The predicted molar refractivity (Wildman–Crippen MR) is 68.4 cm³/mol. The third kappa shape index (κ3) is 2.55. The molecule has 5 heteroatoms. The summed E-state index contributed by atoms with van der Waals surface area (Å²) in [4.78, 5) is 1.31. The van der Waals surface area contributed by atoms with Crippen molar-refractivity contribution in [1.82, 2.24) is 4.90 Å². The Balaban J connectivity index is 2.27. The van der Waals surface area contributed by atoms with Crippen molar-refractivity contribution in [2.24, 2.45) is 0 Å². The molecule has 0 N–H and O–H groups in total. The van der Waals surface area contributed by atoms with E-state index in [2.05, 4.69) is 22.5 Å². The van der Waals surface area contributed by atoms with E-state index in [0.29, 0.717) is 18.3 Å². The van der Waals surface area contributed by atoms with Gasteiger partial charge >= 0.3 is 6.18 Å². The molecule has 0 fully saturated rings. The molecule has 98 valence electrons. The van der Waals surface area contributed by atoms with Gasteiger partial charge in [-0.1, -0.05) is 40.7 Å². The highest BCUT2D eigenvalue weighted by Gasteiger charge is 2.37. The zero-order valence-electron chi connectivity index (χ0n) is 9.73. The molecule has 1 aliphatic heterocycles. The zero-order chi connectivity index (χ0) is 13.3. The second-order valence-electron chi connectivity index (χ2n) is 4.30. The lowest BCUT2D eigenvalue weighted by Crippen LogP contribution is -2.35. The number of halogens is 4. The minimum absolute atomic E-state index is 0.287. The van der Waals surface area contributed by atoms with Crippen LogP contribution in [0.3, 0.4) is 0 Å². The summed E-state index contributed by atoms with van der Waals surface area (Å²) < 4.78 is 37.9. The number of hydrogen-bond donors (Lipinski definition) is 0. The van der Waals surface area contributed by atoms with Crippen LogP contribution in [0, 0.1) is 0 Å². The average Bonchev–Trinajstić information content (AvgIpc) is 2.35. The Labute approximate surface area is 112 Å². The Bertz CT molecular complexity index is 454. The number of rotatable bonds is 2. The molecule has 2 rings (SSSR count). The second-order valence-corrected chi connectivity index (χ2v) is 4.87. The van der Waals surface area contributed by atoms with Crippen LogP contribution in [0.25, 0.3) is 0 Å². The summed E-state index contributed by atoms with van der Waals surface area (Å²) in [5.74, 6) is 0. The molecular weight excluding hydrogens is 307 g/mol. The van der Waals surface area contributed by atoms with Crippen LogP contribution < -0.4 is 0 Å². The Morgan fingerprint density at radius 2 is 2.11 bits per heavy atom. The monoisotopic (exact) mass is 319 g/mol. The first-order valence-corrected chi connectivity index (χ1v) is 6.72. The summed E-state index contributed by atoms with van der Waals surface area (Å²) >= 11 is 3.37. The van der Waals surface area contributed by atoms with Crippen molar-refractivity contribution in [1.29, 1.82) is 0 Å². The van der Waals surface area contributed by atoms with E-state index in [4.69, 9.17) is 0 Å². The highest BCUT2D eigenvalue weighted by molar-refractivity contribution is 9.08. The van der Waals surface area contributed by atoms with Gasteiger partial charge in [-0.25, -0.2) is 0 Å². The Kier molecular flexibility index (Phi) is 3.71. The van der Waals surface area contributed by atoms with E-state index >= 15 is 0 Å². The van der Waals surface area contributed by atoms with Crippen LogP contribution in [0.5, 0.6) is 0 Å². The molecular formula is C13H13BrF3N. The van der Waals surface area contributed by atoms with Gasteiger partial charge in [-0.2, -0.15) is 13.2 Å². The summed E-state index contributed by atoms with van der Waals surface area (Å²) in [5.41, 5.74) is 2.42. The van der Waals surface area contributed by atoms with Gasteiger partial charge in [0.25, 0.3) is 0 Å². The topological polar surface area (TPSA) is 3.24 Å². The Morgan fingerprint density at radius 3 is 2.72 bits per heavy atom. The van der Waals surface area contributed by atoms with Gasteiger partial charge in [-0.05, 0) is 23.1 Å². The predicted octanol–water partition coefficient (Wildman–Crippen LogP) is 4.02. The standard InChI is InChI=1S/C13H13BrF3N/c1-9(13(15,16)17)18-6-5-10-3-2-4-11(7-14)12(10)8-18/h2-4H,1,5-8H2.